The van der Waals surface area contributed by atoms with E-state index in [4.69, 9.17) is 27.9 Å². The normalized spacial score (nSPS) is 47.4. The maximum atomic E-state index is 17.1. The zero-order chi connectivity index (χ0) is 23.9. The standard InChI is InChI=1S/C23H27Cl2FO6/c1-11-8-15-14-5-4-12-9-13(27)6-7-20(12,2)22(14,26)16(28)10-21(15,3)23(11,19(30)31)32-18(29)17(24)25/h6-7,9,11,14-17,28H,4-5,8,10H2,1-3H3,(H,30,31)/t11-,14+,15+,16+,20+,21+,22+,23+/m1/s1. The van der Waals surface area contributed by atoms with Gasteiger partial charge < -0.3 is 14.9 Å². The van der Waals surface area contributed by atoms with Gasteiger partial charge in [-0.25, -0.2) is 14.0 Å². The first-order chi connectivity index (χ1) is 14.8. The smallest absolute Gasteiger partial charge is 0.349 e. The molecule has 0 aromatic heterocycles. The first kappa shape index (κ1) is 23.7. The third kappa shape index (κ3) is 2.70. The summed E-state index contributed by atoms with van der Waals surface area (Å²) in [6, 6.07) is 0. The van der Waals surface area contributed by atoms with Gasteiger partial charge in [0.2, 0.25) is 10.4 Å². The van der Waals surface area contributed by atoms with Gasteiger partial charge >= 0.3 is 11.9 Å². The number of carboxylic acids is 1. The summed E-state index contributed by atoms with van der Waals surface area (Å²) in [6.07, 6.45) is 3.65. The van der Waals surface area contributed by atoms with E-state index in [1.165, 1.54) is 18.2 Å². The Balaban J connectivity index is 1.84. The molecule has 2 N–H and O–H groups in total. The molecule has 0 aromatic carbocycles. The van der Waals surface area contributed by atoms with Crippen LogP contribution in [0.5, 0.6) is 0 Å². The highest BCUT2D eigenvalue weighted by Gasteiger charge is 2.77. The summed E-state index contributed by atoms with van der Waals surface area (Å²) in [5.74, 6) is -4.48. The van der Waals surface area contributed by atoms with Gasteiger partial charge in [-0.05, 0) is 50.7 Å². The minimum atomic E-state index is -2.10. The van der Waals surface area contributed by atoms with Gasteiger partial charge in [0, 0.05) is 22.7 Å². The fourth-order valence-corrected chi connectivity index (χ4v) is 7.54. The number of aliphatic hydroxyl groups excluding tert-OH is 1. The van der Waals surface area contributed by atoms with Crippen LogP contribution >= 0.6 is 23.2 Å². The average Bonchev–Trinajstić information content (AvgIpc) is 2.91. The molecule has 0 amide bonds. The van der Waals surface area contributed by atoms with Crippen molar-refractivity contribution in [3.63, 3.8) is 0 Å². The third-order valence-electron chi connectivity index (χ3n) is 8.94. The molecule has 4 aliphatic carbocycles. The van der Waals surface area contributed by atoms with E-state index in [0.717, 1.165) is 0 Å². The first-order valence-electron chi connectivity index (χ1n) is 10.8. The lowest BCUT2D eigenvalue weighted by Crippen LogP contribution is -2.70. The van der Waals surface area contributed by atoms with Crippen molar-refractivity contribution in [1.82, 2.24) is 0 Å². The Morgan fingerprint density at radius 3 is 2.53 bits per heavy atom. The van der Waals surface area contributed by atoms with Crippen molar-refractivity contribution in [1.29, 1.82) is 0 Å². The predicted octanol–water partition coefficient (Wildman–Crippen LogP) is 3.77. The molecule has 0 aliphatic heterocycles. The molecule has 9 heteroatoms. The number of allylic oxidation sites excluding steroid dienone is 4. The van der Waals surface area contributed by atoms with Crippen LogP contribution in [0.25, 0.3) is 0 Å². The number of carbonyl (C=O) groups is 3. The number of halogens is 3. The van der Waals surface area contributed by atoms with E-state index < -0.39 is 62.7 Å². The monoisotopic (exact) mass is 488 g/mol. The molecule has 0 heterocycles. The van der Waals surface area contributed by atoms with Gasteiger partial charge in [0.25, 0.3) is 0 Å². The summed E-state index contributed by atoms with van der Waals surface area (Å²) in [4.78, 5) is 35.3. The number of ketones is 1. The van der Waals surface area contributed by atoms with Crippen LogP contribution in [0.4, 0.5) is 4.39 Å². The zero-order valence-corrected chi connectivity index (χ0v) is 19.6. The Bertz CT molecular complexity index is 949. The Labute approximate surface area is 195 Å². The van der Waals surface area contributed by atoms with E-state index in [0.29, 0.717) is 24.8 Å². The maximum Gasteiger partial charge on any atom is 0.349 e. The van der Waals surface area contributed by atoms with E-state index in [1.807, 2.05) is 0 Å². The Morgan fingerprint density at radius 1 is 1.28 bits per heavy atom. The second-order valence-electron chi connectivity index (χ2n) is 10.2. The molecule has 3 saturated carbocycles. The summed E-state index contributed by atoms with van der Waals surface area (Å²) >= 11 is 11.3. The summed E-state index contributed by atoms with van der Waals surface area (Å²) < 4.78 is 22.6. The number of alkyl halides is 3. The quantitative estimate of drug-likeness (QED) is 0.463. The third-order valence-corrected chi connectivity index (χ3v) is 9.29. The van der Waals surface area contributed by atoms with E-state index in [2.05, 4.69) is 0 Å². The highest BCUT2D eigenvalue weighted by atomic mass is 35.5. The molecule has 8 atom stereocenters. The number of carboxylic acid groups (broad SMARTS) is 1. The van der Waals surface area contributed by atoms with Crippen LogP contribution in [0.15, 0.2) is 23.8 Å². The van der Waals surface area contributed by atoms with Crippen molar-refractivity contribution in [3.05, 3.63) is 23.8 Å². The van der Waals surface area contributed by atoms with Crippen LogP contribution in [0.2, 0.25) is 0 Å². The van der Waals surface area contributed by atoms with Crippen molar-refractivity contribution in [3.8, 4) is 0 Å². The van der Waals surface area contributed by atoms with Crippen LogP contribution in [-0.4, -0.2) is 50.1 Å². The minimum Gasteiger partial charge on any atom is -0.478 e. The molecule has 0 spiro atoms. The lowest BCUT2D eigenvalue weighted by atomic mass is 9.44. The molecule has 0 aromatic rings. The second kappa shape index (κ2) is 7.28. The molecule has 0 saturated heterocycles. The molecule has 0 bridgehead atoms. The average molecular weight is 489 g/mol. The SMILES string of the molecule is C[C@@H]1C[C@H]2[C@@H]3CCC4=CC(=O)C=C[C@]4(C)[C@@]3(F)[C@@H](O)C[C@]2(C)[C@@]1(OC(=O)C(Cl)Cl)C(=O)O. The molecule has 4 rings (SSSR count). The molecule has 6 nitrogen and oxygen atoms in total. The molecule has 0 radical (unpaired) electrons. The number of aliphatic carboxylic acids is 1. The molecular formula is C23H27Cl2FO6. The largest absolute Gasteiger partial charge is 0.478 e. The molecule has 3 fully saturated rings. The zero-order valence-electron chi connectivity index (χ0n) is 18.1. The predicted molar refractivity (Wildman–Crippen MR) is 115 cm³/mol. The van der Waals surface area contributed by atoms with Crippen molar-refractivity contribution in [2.24, 2.45) is 28.6 Å². The maximum absolute atomic E-state index is 17.1. The molecule has 32 heavy (non-hydrogen) atoms. The number of hydrogen-bond donors (Lipinski definition) is 2. The number of fused-ring (bicyclic) bond motifs is 5. The van der Waals surface area contributed by atoms with Crippen LogP contribution in [0.1, 0.15) is 46.5 Å². The topological polar surface area (TPSA) is 101 Å². The van der Waals surface area contributed by atoms with Crippen molar-refractivity contribution < 1.29 is 33.7 Å². The van der Waals surface area contributed by atoms with E-state index in [9.17, 15) is 24.6 Å². The Hall–Kier alpha value is -1.44. The lowest BCUT2D eigenvalue weighted by Gasteiger charge is -2.62. The van der Waals surface area contributed by atoms with Crippen molar-refractivity contribution in [2.75, 3.05) is 0 Å². The Morgan fingerprint density at radius 2 is 1.94 bits per heavy atom. The highest BCUT2D eigenvalue weighted by Crippen LogP contribution is 2.71. The van der Waals surface area contributed by atoms with Crippen LogP contribution in [0.3, 0.4) is 0 Å². The molecule has 0 unspecified atom stereocenters. The van der Waals surface area contributed by atoms with Gasteiger partial charge in [-0.3, -0.25) is 4.79 Å². The number of esters is 1. The van der Waals surface area contributed by atoms with Gasteiger partial charge in [-0.15, -0.1) is 0 Å². The fraction of sp³-hybridized carbons (Fsp3) is 0.696. The number of aliphatic hydroxyl groups is 1. The first-order valence-corrected chi connectivity index (χ1v) is 11.7. The summed E-state index contributed by atoms with van der Waals surface area (Å²) in [5.41, 5.74) is -5.90. The van der Waals surface area contributed by atoms with Crippen LogP contribution < -0.4 is 0 Å². The number of hydrogen-bond acceptors (Lipinski definition) is 5. The van der Waals surface area contributed by atoms with Gasteiger partial charge in [-0.1, -0.05) is 48.7 Å². The molecular weight excluding hydrogens is 462 g/mol. The van der Waals surface area contributed by atoms with Crippen molar-refractivity contribution in [2.45, 2.75) is 68.7 Å². The van der Waals surface area contributed by atoms with Gasteiger partial charge in [-0.2, -0.15) is 0 Å². The molecule has 4 aliphatic rings. The summed E-state index contributed by atoms with van der Waals surface area (Å²) in [7, 11) is 0. The van der Waals surface area contributed by atoms with Gasteiger partial charge in [0.05, 0.1) is 6.10 Å². The minimum absolute atomic E-state index is 0.210. The summed E-state index contributed by atoms with van der Waals surface area (Å²) in [6.45, 7) is 4.99. The van der Waals surface area contributed by atoms with Crippen LogP contribution in [0, 0.1) is 28.6 Å². The van der Waals surface area contributed by atoms with Crippen molar-refractivity contribution >= 4 is 40.9 Å². The van der Waals surface area contributed by atoms with E-state index >= 15 is 4.39 Å². The highest BCUT2D eigenvalue weighted by molar-refractivity contribution is 6.53. The van der Waals surface area contributed by atoms with E-state index in [1.54, 1.807) is 20.8 Å². The fourth-order valence-electron chi connectivity index (χ4n) is 7.45. The second-order valence-corrected chi connectivity index (χ2v) is 11.3. The van der Waals surface area contributed by atoms with Gasteiger partial charge in [0.15, 0.2) is 11.5 Å². The molecule has 176 valence electrons. The lowest BCUT2D eigenvalue weighted by molar-refractivity contribution is -0.233. The van der Waals surface area contributed by atoms with Gasteiger partial charge in [0.1, 0.15) is 0 Å². The van der Waals surface area contributed by atoms with Crippen LogP contribution in [-0.2, 0) is 19.1 Å². The summed E-state index contributed by atoms with van der Waals surface area (Å²) in [5, 5.41) is 21.6. The number of carbonyl (C=O) groups excluding carboxylic acids is 2. The Kier molecular flexibility index (Phi) is 5.39. The number of rotatable bonds is 3. The number of ether oxygens (including phenoxy) is 1. The van der Waals surface area contributed by atoms with E-state index in [-0.39, 0.29) is 12.2 Å².